The van der Waals surface area contributed by atoms with Gasteiger partial charge in [-0.2, -0.15) is 0 Å². The molecule has 1 amide bonds. The number of hydrogen-bond donors (Lipinski definition) is 1. The highest BCUT2D eigenvalue weighted by molar-refractivity contribution is 5.78. The van der Waals surface area contributed by atoms with Crippen molar-refractivity contribution in [3.05, 3.63) is 0 Å². The van der Waals surface area contributed by atoms with E-state index in [9.17, 15) is 4.79 Å². The van der Waals surface area contributed by atoms with Gasteiger partial charge in [0, 0.05) is 32.7 Å². The van der Waals surface area contributed by atoms with E-state index in [4.69, 9.17) is 10.5 Å². The topological polar surface area (TPSA) is 55.6 Å². The lowest BCUT2D eigenvalue weighted by atomic mass is 9.90. The Labute approximate surface area is 104 Å². The lowest BCUT2D eigenvalue weighted by Gasteiger charge is -2.41. The van der Waals surface area contributed by atoms with Crippen LogP contribution in [0.1, 0.15) is 39.5 Å². The molecule has 0 atom stereocenters. The van der Waals surface area contributed by atoms with Gasteiger partial charge in [0.05, 0.1) is 5.60 Å². The Kier molecular flexibility index (Phi) is 5.40. The van der Waals surface area contributed by atoms with Gasteiger partial charge in [0.2, 0.25) is 5.91 Å². The monoisotopic (exact) mass is 242 g/mol. The number of methoxy groups -OCH3 is 1. The van der Waals surface area contributed by atoms with Gasteiger partial charge in [0.15, 0.2) is 0 Å². The third-order valence-electron chi connectivity index (χ3n) is 4.13. The average Bonchev–Trinajstić information content (AvgIpc) is 2.40. The van der Waals surface area contributed by atoms with Crippen molar-refractivity contribution in [2.24, 2.45) is 11.7 Å². The number of carbonyl (C=O) groups is 1. The van der Waals surface area contributed by atoms with E-state index in [-0.39, 0.29) is 11.5 Å². The van der Waals surface area contributed by atoms with Crippen molar-refractivity contribution in [1.82, 2.24) is 4.90 Å². The second-order valence-corrected chi connectivity index (χ2v) is 4.93. The van der Waals surface area contributed by atoms with Gasteiger partial charge in [0.25, 0.3) is 0 Å². The highest BCUT2D eigenvalue weighted by Gasteiger charge is 2.35. The van der Waals surface area contributed by atoms with E-state index in [0.29, 0.717) is 12.5 Å². The van der Waals surface area contributed by atoms with Gasteiger partial charge >= 0.3 is 0 Å². The van der Waals surface area contributed by atoms with Crippen LogP contribution in [0, 0.1) is 5.92 Å². The van der Waals surface area contributed by atoms with Crippen molar-refractivity contribution in [2.75, 3.05) is 26.7 Å². The van der Waals surface area contributed by atoms with Gasteiger partial charge in [-0.05, 0) is 25.7 Å². The van der Waals surface area contributed by atoms with Crippen molar-refractivity contribution in [1.29, 1.82) is 0 Å². The zero-order valence-electron chi connectivity index (χ0n) is 11.4. The summed E-state index contributed by atoms with van der Waals surface area (Å²) >= 11 is 0. The van der Waals surface area contributed by atoms with Crippen molar-refractivity contribution in [2.45, 2.75) is 45.1 Å². The minimum atomic E-state index is -0.204. The molecule has 0 bridgehead atoms. The minimum absolute atomic E-state index is 0.183. The summed E-state index contributed by atoms with van der Waals surface area (Å²) in [5.41, 5.74) is 5.55. The number of piperidine rings is 1. The lowest BCUT2D eigenvalue weighted by molar-refractivity contribution is -0.140. The molecule has 1 heterocycles. The van der Waals surface area contributed by atoms with Crippen LogP contribution < -0.4 is 5.73 Å². The smallest absolute Gasteiger partial charge is 0.225 e. The summed E-state index contributed by atoms with van der Waals surface area (Å²) in [5.74, 6) is 0.486. The van der Waals surface area contributed by atoms with Crippen molar-refractivity contribution in [3.63, 3.8) is 0 Å². The molecule has 1 aliphatic rings. The molecule has 4 heteroatoms. The van der Waals surface area contributed by atoms with Crippen LogP contribution in [0.3, 0.4) is 0 Å². The fourth-order valence-corrected chi connectivity index (χ4v) is 2.52. The molecule has 0 aliphatic carbocycles. The number of rotatable bonds is 5. The molecule has 1 rings (SSSR count). The predicted molar refractivity (Wildman–Crippen MR) is 68.7 cm³/mol. The molecule has 1 aliphatic heterocycles. The summed E-state index contributed by atoms with van der Waals surface area (Å²) in [7, 11) is 1.71. The van der Waals surface area contributed by atoms with Crippen LogP contribution in [0.2, 0.25) is 0 Å². The van der Waals surface area contributed by atoms with E-state index in [1.54, 1.807) is 7.11 Å². The summed E-state index contributed by atoms with van der Waals surface area (Å²) in [6.45, 7) is 6.25. The average molecular weight is 242 g/mol. The lowest BCUT2D eigenvalue weighted by Crippen LogP contribution is -2.52. The minimum Gasteiger partial charge on any atom is -0.377 e. The zero-order chi connectivity index (χ0) is 12.9. The first-order chi connectivity index (χ1) is 8.12. The first kappa shape index (κ1) is 14.5. The zero-order valence-corrected chi connectivity index (χ0v) is 11.4. The molecule has 0 aromatic rings. The molecule has 0 aromatic carbocycles. The van der Waals surface area contributed by atoms with Crippen LogP contribution in [0.4, 0.5) is 0 Å². The fraction of sp³-hybridized carbons (Fsp3) is 0.923. The Hall–Kier alpha value is -0.610. The summed E-state index contributed by atoms with van der Waals surface area (Å²) in [6.07, 6.45) is 3.56. The highest BCUT2D eigenvalue weighted by atomic mass is 16.5. The molecule has 0 unspecified atom stereocenters. The van der Waals surface area contributed by atoms with Crippen molar-refractivity contribution >= 4 is 5.91 Å². The molecule has 0 spiro atoms. The molecule has 2 N–H and O–H groups in total. The van der Waals surface area contributed by atoms with E-state index >= 15 is 0 Å². The van der Waals surface area contributed by atoms with E-state index in [1.165, 1.54) is 0 Å². The number of nitrogens with two attached hydrogens (primary N) is 1. The van der Waals surface area contributed by atoms with E-state index in [2.05, 4.69) is 13.8 Å². The molecule has 100 valence electrons. The Morgan fingerprint density at radius 3 is 2.24 bits per heavy atom. The van der Waals surface area contributed by atoms with Gasteiger partial charge in [-0.15, -0.1) is 0 Å². The van der Waals surface area contributed by atoms with Gasteiger partial charge in [-0.1, -0.05) is 13.8 Å². The Bertz CT molecular complexity index is 238. The van der Waals surface area contributed by atoms with E-state index < -0.39 is 0 Å². The standard InChI is InChI=1S/C13H26N2O2/c1-4-11(5-2)12(16)15-8-6-13(10-14,17-3)7-9-15/h11H,4-10,14H2,1-3H3. The SMILES string of the molecule is CCC(CC)C(=O)N1CCC(CN)(OC)CC1. The normalized spacial score (nSPS) is 19.7. The Morgan fingerprint density at radius 1 is 1.35 bits per heavy atom. The van der Waals surface area contributed by atoms with E-state index in [0.717, 1.165) is 38.8 Å². The number of amides is 1. The van der Waals surface area contributed by atoms with Crippen LogP contribution in [-0.4, -0.2) is 43.2 Å². The quantitative estimate of drug-likeness (QED) is 0.792. The molecule has 4 nitrogen and oxygen atoms in total. The number of ether oxygens (including phenoxy) is 1. The number of carbonyl (C=O) groups excluding carboxylic acids is 1. The Balaban J connectivity index is 2.54. The van der Waals surface area contributed by atoms with Crippen molar-refractivity contribution in [3.8, 4) is 0 Å². The van der Waals surface area contributed by atoms with Gasteiger partial charge in [-0.25, -0.2) is 0 Å². The van der Waals surface area contributed by atoms with Gasteiger partial charge in [0.1, 0.15) is 0 Å². The number of hydrogen-bond acceptors (Lipinski definition) is 3. The molecule has 17 heavy (non-hydrogen) atoms. The molecular weight excluding hydrogens is 216 g/mol. The van der Waals surface area contributed by atoms with Gasteiger partial charge in [-0.3, -0.25) is 4.79 Å². The predicted octanol–water partition coefficient (Wildman–Crippen LogP) is 1.39. The molecule has 0 saturated carbocycles. The van der Waals surface area contributed by atoms with Gasteiger partial charge < -0.3 is 15.4 Å². The summed E-state index contributed by atoms with van der Waals surface area (Å²) in [6, 6.07) is 0. The molecule has 0 radical (unpaired) electrons. The molecule has 0 aromatic heterocycles. The number of likely N-dealkylation sites (tertiary alicyclic amines) is 1. The fourth-order valence-electron chi connectivity index (χ4n) is 2.52. The third kappa shape index (κ3) is 3.19. The Morgan fingerprint density at radius 2 is 1.88 bits per heavy atom. The molecule has 1 saturated heterocycles. The molecule has 1 fully saturated rings. The maximum atomic E-state index is 12.2. The first-order valence-corrected chi connectivity index (χ1v) is 6.66. The molecular formula is C13H26N2O2. The first-order valence-electron chi connectivity index (χ1n) is 6.66. The highest BCUT2D eigenvalue weighted by Crippen LogP contribution is 2.26. The van der Waals surface area contributed by atoms with Crippen LogP contribution in [0.25, 0.3) is 0 Å². The second-order valence-electron chi connectivity index (χ2n) is 4.93. The second kappa shape index (κ2) is 6.36. The van der Waals surface area contributed by atoms with Crippen molar-refractivity contribution < 1.29 is 9.53 Å². The third-order valence-corrected chi connectivity index (χ3v) is 4.13. The van der Waals surface area contributed by atoms with E-state index in [1.807, 2.05) is 4.90 Å². The summed E-state index contributed by atoms with van der Waals surface area (Å²) in [4.78, 5) is 14.2. The van der Waals surface area contributed by atoms with Crippen LogP contribution in [0.15, 0.2) is 0 Å². The largest absolute Gasteiger partial charge is 0.377 e. The van der Waals surface area contributed by atoms with Crippen LogP contribution in [0.5, 0.6) is 0 Å². The van der Waals surface area contributed by atoms with Crippen LogP contribution in [-0.2, 0) is 9.53 Å². The maximum absolute atomic E-state index is 12.2. The summed E-state index contributed by atoms with van der Waals surface area (Å²) in [5, 5.41) is 0. The number of nitrogens with zero attached hydrogens (tertiary/aromatic N) is 1. The van der Waals surface area contributed by atoms with Crippen LogP contribution >= 0.6 is 0 Å². The maximum Gasteiger partial charge on any atom is 0.225 e. The summed E-state index contributed by atoms with van der Waals surface area (Å²) < 4.78 is 5.51.